The molecule has 1 saturated heterocycles. The van der Waals surface area contributed by atoms with Gasteiger partial charge in [-0.05, 0) is 50.2 Å². The molecule has 5 heteroatoms. The van der Waals surface area contributed by atoms with E-state index in [1.54, 1.807) is 4.90 Å². The van der Waals surface area contributed by atoms with Gasteiger partial charge < -0.3 is 14.7 Å². The second-order valence-electron chi connectivity index (χ2n) is 6.27. The van der Waals surface area contributed by atoms with Gasteiger partial charge in [-0.3, -0.25) is 0 Å². The smallest absolute Gasteiger partial charge is 0.0661 e. The fraction of sp³-hybridized carbons (Fsp3) is 0.400. The summed E-state index contributed by atoms with van der Waals surface area (Å²) in [7, 11) is 0. The lowest BCUT2D eigenvalue weighted by atomic mass is 10.2. The zero-order valence-corrected chi connectivity index (χ0v) is 15.5. The quantitative estimate of drug-likeness (QED) is 0.768. The molecule has 0 spiro atoms. The lowest BCUT2D eigenvalue weighted by Gasteiger charge is -2.35. The van der Waals surface area contributed by atoms with Crippen LogP contribution >= 0.6 is 23.4 Å². The molecule has 1 fully saturated rings. The Morgan fingerprint density at radius 1 is 1.08 bits per heavy atom. The van der Waals surface area contributed by atoms with Gasteiger partial charge in [-0.25, -0.2) is 0 Å². The normalized spacial score (nSPS) is 22.0. The lowest BCUT2D eigenvalue weighted by molar-refractivity contribution is 0.153. The zero-order chi connectivity index (χ0) is 22.3. The maximum absolute atomic E-state index is 8.54. The summed E-state index contributed by atoms with van der Waals surface area (Å²) < 4.78 is 47.6. The zero-order valence-electron chi connectivity index (χ0n) is 19.9. The summed E-state index contributed by atoms with van der Waals surface area (Å²) in [5, 5.41) is 0.00881. The van der Waals surface area contributed by atoms with Gasteiger partial charge in [0.15, 0.2) is 0 Å². The first-order valence-electron chi connectivity index (χ1n) is 11.5. The van der Waals surface area contributed by atoms with E-state index in [4.69, 9.17) is 19.8 Å². The molecule has 2 aromatic carbocycles. The molecule has 0 unspecified atom stereocenters. The van der Waals surface area contributed by atoms with E-state index in [-0.39, 0.29) is 23.1 Å². The van der Waals surface area contributed by atoms with Crippen LogP contribution in [-0.4, -0.2) is 56.0 Å². The minimum Gasteiger partial charge on any atom is -0.340 e. The first kappa shape index (κ1) is 11.5. The van der Waals surface area contributed by atoms with Crippen LogP contribution in [-0.2, 0) is 0 Å². The molecule has 0 amide bonds. The van der Waals surface area contributed by atoms with E-state index in [2.05, 4.69) is 4.90 Å². The van der Waals surface area contributed by atoms with Crippen LogP contribution in [0, 0.1) is 0 Å². The maximum Gasteiger partial charge on any atom is 0.0661 e. The average molecular weight is 380 g/mol. The Balaban J connectivity index is 1.52. The van der Waals surface area contributed by atoms with Crippen LogP contribution in [0.15, 0.2) is 52.2 Å². The van der Waals surface area contributed by atoms with Crippen LogP contribution in [0.2, 0.25) is 5.02 Å². The molecule has 0 aromatic heterocycles. The summed E-state index contributed by atoms with van der Waals surface area (Å²) in [6, 6.07) is 7.94. The largest absolute Gasteiger partial charge is 0.340 e. The van der Waals surface area contributed by atoms with Gasteiger partial charge in [0.2, 0.25) is 0 Å². The standard InChI is InChI=1S/C20H24ClN3S/c1-22-11-13-23(14-12-22)9-4-10-24-17-5-2-3-6-19(17)25-20-8-7-16(21)15-18(20)24/h2-3,5-8,15H,4,9-14H2,1H3/i1D3,7D,8D,15D. The van der Waals surface area contributed by atoms with Gasteiger partial charge in [-0.15, -0.1) is 0 Å². The summed E-state index contributed by atoms with van der Waals surface area (Å²) in [6.45, 7) is 1.93. The number of likely N-dealkylation sites (N-methyl/N-ethyl adjacent to an activating group) is 1. The first-order valence-corrected chi connectivity index (χ1v) is 9.69. The molecule has 0 bridgehead atoms. The molecule has 3 nitrogen and oxygen atoms in total. The molecule has 0 atom stereocenters. The summed E-state index contributed by atoms with van der Waals surface area (Å²) in [6.07, 6.45) is 0.819. The predicted molar refractivity (Wildman–Crippen MR) is 108 cm³/mol. The summed E-state index contributed by atoms with van der Waals surface area (Å²) in [5.74, 6) is 0. The summed E-state index contributed by atoms with van der Waals surface area (Å²) in [4.78, 5) is 7.46. The molecular weight excluding hydrogens is 350 g/mol. The van der Waals surface area contributed by atoms with Crippen LogP contribution in [0.5, 0.6) is 0 Å². The van der Waals surface area contributed by atoms with Crippen molar-refractivity contribution in [1.29, 1.82) is 0 Å². The highest BCUT2D eigenvalue weighted by molar-refractivity contribution is 7.99. The highest BCUT2D eigenvalue weighted by Gasteiger charge is 2.23. The Hall–Kier alpha value is -1.20. The Morgan fingerprint density at radius 2 is 1.92 bits per heavy atom. The first-order chi connectivity index (χ1) is 14.7. The molecule has 2 aromatic rings. The molecule has 2 aliphatic heterocycles. The number of anilines is 2. The van der Waals surface area contributed by atoms with Gasteiger partial charge in [0.05, 0.1) is 15.5 Å². The van der Waals surface area contributed by atoms with Crippen molar-refractivity contribution in [3.8, 4) is 0 Å². The van der Waals surface area contributed by atoms with Gasteiger partial charge >= 0.3 is 0 Å². The number of benzene rings is 2. The average Bonchev–Trinajstić information content (AvgIpc) is 2.75. The van der Waals surface area contributed by atoms with Gasteiger partial charge in [0.25, 0.3) is 0 Å². The van der Waals surface area contributed by atoms with Gasteiger partial charge in [-0.1, -0.05) is 35.5 Å². The van der Waals surface area contributed by atoms with Crippen molar-refractivity contribution in [2.24, 2.45) is 0 Å². The summed E-state index contributed by atoms with van der Waals surface area (Å²) in [5.41, 5.74) is 1.58. The van der Waals surface area contributed by atoms with Crippen molar-refractivity contribution < 1.29 is 8.22 Å². The molecular formula is C20H24ClN3S. The second kappa shape index (κ2) is 7.58. The van der Waals surface area contributed by atoms with E-state index in [9.17, 15) is 0 Å². The van der Waals surface area contributed by atoms with Crippen molar-refractivity contribution in [2.75, 3.05) is 51.1 Å². The Morgan fingerprint density at radius 3 is 2.76 bits per heavy atom. The molecule has 0 aliphatic carbocycles. The third kappa shape index (κ3) is 3.82. The van der Waals surface area contributed by atoms with E-state index in [0.29, 0.717) is 30.2 Å². The van der Waals surface area contributed by atoms with E-state index in [0.717, 1.165) is 36.6 Å². The number of fused-ring (bicyclic) bond motifs is 2. The topological polar surface area (TPSA) is 9.72 Å². The molecule has 0 saturated carbocycles. The number of para-hydroxylation sites is 1. The number of rotatable bonds is 4. The van der Waals surface area contributed by atoms with Crippen LogP contribution in [0.1, 0.15) is 14.6 Å². The van der Waals surface area contributed by atoms with Crippen LogP contribution < -0.4 is 4.90 Å². The number of hydrogen-bond donors (Lipinski definition) is 0. The minimum atomic E-state index is -2.03. The Labute approximate surface area is 168 Å². The minimum absolute atomic E-state index is 0.00881. The number of piperazine rings is 1. The van der Waals surface area contributed by atoms with Gasteiger partial charge in [0.1, 0.15) is 0 Å². The van der Waals surface area contributed by atoms with E-state index in [1.807, 2.05) is 29.2 Å². The molecule has 4 rings (SSSR count). The maximum atomic E-state index is 8.54. The van der Waals surface area contributed by atoms with E-state index in [1.165, 1.54) is 11.8 Å². The lowest BCUT2D eigenvalue weighted by Crippen LogP contribution is -2.45. The number of nitrogens with zero attached hydrogens (tertiary/aromatic N) is 3. The third-order valence-corrected chi connectivity index (χ3v) is 5.85. The predicted octanol–water partition coefficient (Wildman–Crippen LogP) is 4.58. The van der Waals surface area contributed by atoms with Crippen molar-refractivity contribution >= 4 is 34.7 Å². The van der Waals surface area contributed by atoms with Gasteiger partial charge in [-0.2, -0.15) is 0 Å². The fourth-order valence-electron chi connectivity index (χ4n) is 3.28. The van der Waals surface area contributed by atoms with Crippen LogP contribution in [0.3, 0.4) is 0 Å². The highest BCUT2D eigenvalue weighted by atomic mass is 35.5. The van der Waals surface area contributed by atoms with Crippen molar-refractivity contribution in [3.05, 3.63) is 47.4 Å². The van der Waals surface area contributed by atoms with Gasteiger partial charge in [0, 0.05) is 51.6 Å². The molecule has 25 heavy (non-hydrogen) atoms. The number of hydrogen-bond acceptors (Lipinski definition) is 4. The van der Waals surface area contributed by atoms with Crippen molar-refractivity contribution in [1.82, 2.24) is 9.80 Å². The SMILES string of the molecule is [2H]c1c([2H])c2c(c([2H])c1Cl)N(CCCN1CCN(C([2H])([2H])[2H])CC1)c1ccccc1S2. The van der Waals surface area contributed by atoms with Crippen molar-refractivity contribution in [2.45, 2.75) is 16.2 Å². The molecule has 2 aliphatic rings. The van der Waals surface area contributed by atoms with Crippen LogP contribution in [0.4, 0.5) is 11.4 Å². The summed E-state index contributed by atoms with van der Waals surface area (Å²) >= 11 is 7.65. The third-order valence-electron chi connectivity index (χ3n) is 4.60. The van der Waals surface area contributed by atoms with Crippen molar-refractivity contribution in [3.63, 3.8) is 0 Å². The Kier molecular flexibility index (Phi) is 3.49. The molecule has 132 valence electrons. The number of halogens is 1. The molecule has 2 heterocycles. The molecule has 0 radical (unpaired) electrons. The second-order valence-corrected chi connectivity index (χ2v) is 7.70. The monoisotopic (exact) mass is 379 g/mol. The highest BCUT2D eigenvalue weighted by Crippen LogP contribution is 2.48. The van der Waals surface area contributed by atoms with E-state index < -0.39 is 6.98 Å². The molecule has 0 N–H and O–H groups in total. The Bertz CT molecular complexity index is 978. The fourth-order valence-corrected chi connectivity index (χ4v) is 4.43. The van der Waals surface area contributed by atoms with E-state index >= 15 is 0 Å². The van der Waals surface area contributed by atoms with Crippen LogP contribution in [0.25, 0.3) is 0 Å².